The van der Waals surface area contributed by atoms with Gasteiger partial charge in [0.15, 0.2) is 12.1 Å². The summed E-state index contributed by atoms with van der Waals surface area (Å²) in [5, 5.41) is 34.5. The van der Waals surface area contributed by atoms with Gasteiger partial charge in [0.25, 0.3) is 0 Å². The lowest BCUT2D eigenvalue weighted by molar-refractivity contribution is -0.283. The second-order valence-electron chi connectivity index (χ2n) is 10.6. The normalized spacial score (nSPS) is 28.6. The largest absolute Gasteiger partial charge is 0.394 e. The molecule has 0 aliphatic carbocycles. The lowest BCUT2D eigenvalue weighted by Gasteiger charge is -2.39. The zero-order valence-corrected chi connectivity index (χ0v) is 22.9. The summed E-state index contributed by atoms with van der Waals surface area (Å²) in [4.78, 5) is 2.82. The summed E-state index contributed by atoms with van der Waals surface area (Å²) in [5.41, 5.74) is 8.94. The third kappa shape index (κ3) is 11.2. The number of aliphatic hydroxyl groups is 3. The summed E-state index contributed by atoms with van der Waals surface area (Å²) in [6, 6.07) is -0.892. The van der Waals surface area contributed by atoms with E-state index >= 15 is 0 Å². The third-order valence-corrected chi connectivity index (χ3v) is 6.97. The fourth-order valence-electron chi connectivity index (χ4n) is 4.89. The van der Waals surface area contributed by atoms with Gasteiger partial charge in [-0.15, -0.1) is 0 Å². The minimum atomic E-state index is -1.17. The van der Waals surface area contributed by atoms with Crippen LogP contribution in [0.4, 0.5) is 0 Å². The van der Waals surface area contributed by atoms with Crippen LogP contribution in [0.1, 0.15) is 97.8 Å². The van der Waals surface area contributed by atoms with Crippen LogP contribution >= 0.6 is 0 Å². The van der Waals surface area contributed by atoms with Crippen molar-refractivity contribution in [3.63, 3.8) is 0 Å². The van der Waals surface area contributed by atoms with Crippen molar-refractivity contribution in [3.8, 4) is 0 Å². The number of aliphatic hydroxyl groups excluding tert-OH is 3. The molecule has 0 radical (unpaired) electrons. The fourth-order valence-corrected chi connectivity index (χ4v) is 4.89. The Morgan fingerprint density at radius 3 is 2.19 bits per heavy atom. The van der Waals surface area contributed by atoms with Gasteiger partial charge in [-0.05, 0) is 32.2 Å². The molecule has 10 nitrogen and oxygen atoms in total. The molecule has 37 heavy (non-hydrogen) atoms. The van der Waals surface area contributed by atoms with Gasteiger partial charge in [-0.2, -0.15) is 0 Å². The number of azide groups is 1. The van der Waals surface area contributed by atoms with Gasteiger partial charge in [0.05, 0.1) is 25.4 Å². The number of hydrogen-bond acceptors (Lipinski definition) is 8. The molecule has 2 rings (SSSR count). The Labute approximate surface area is 221 Å². The Kier molecular flexibility index (Phi) is 15.0. The molecule has 0 aromatic rings. The Balaban J connectivity index is 1.67. The fraction of sp³-hybridized carbons (Fsp3) is 0.926. The molecule has 2 saturated heterocycles. The number of ether oxygens (including phenoxy) is 4. The highest BCUT2D eigenvalue weighted by Crippen LogP contribution is 2.37. The maximum absolute atomic E-state index is 10.7. The monoisotopic (exact) mass is 527 g/mol. The average molecular weight is 528 g/mol. The smallest absolute Gasteiger partial charge is 0.186 e. The van der Waals surface area contributed by atoms with Gasteiger partial charge < -0.3 is 34.3 Å². The summed E-state index contributed by atoms with van der Waals surface area (Å²) in [6.07, 6.45) is 13.0. The van der Waals surface area contributed by atoms with Crippen LogP contribution in [0.5, 0.6) is 0 Å². The summed E-state index contributed by atoms with van der Waals surface area (Å²) < 4.78 is 22.9. The molecule has 0 spiro atoms. The van der Waals surface area contributed by atoms with Gasteiger partial charge in [-0.3, -0.25) is 0 Å². The molecule has 2 heterocycles. The number of rotatable bonds is 19. The first-order valence-corrected chi connectivity index (χ1v) is 14.1. The lowest BCUT2D eigenvalue weighted by atomic mass is 9.99. The van der Waals surface area contributed by atoms with Crippen LogP contribution in [0.2, 0.25) is 0 Å². The SMILES string of the molecule is CCCCCCCCCCCCC/C=C/[C@@H](O)[C@H](CO[C@@H]1O[C@H](CO)[C@@H]2OC(C)(C)O[C@@H]2[C@H]1O)N=[N+]=[N-]. The highest BCUT2D eigenvalue weighted by atomic mass is 16.8. The molecule has 0 aromatic carbocycles. The predicted octanol–water partition coefficient (Wildman–Crippen LogP) is 4.90. The van der Waals surface area contributed by atoms with Crippen LogP contribution in [0, 0.1) is 0 Å². The summed E-state index contributed by atoms with van der Waals surface area (Å²) in [5.74, 6) is -0.926. The molecule has 3 N–H and O–H groups in total. The Bertz CT molecular complexity index is 701. The second kappa shape index (κ2) is 17.4. The van der Waals surface area contributed by atoms with Gasteiger partial charge in [0.2, 0.25) is 0 Å². The molecule has 214 valence electrons. The van der Waals surface area contributed by atoms with Crippen LogP contribution in [-0.2, 0) is 18.9 Å². The summed E-state index contributed by atoms with van der Waals surface area (Å²) in [7, 11) is 0. The molecule has 0 unspecified atom stereocenters. The highest BCUT2D eigenvalue weighted by Gasteiger charge is 2.55. The second-order valence-corrected chi connectivity index (χ2v) is 10.6. The van der Waals surface area contributed by atoms with E-state index in [1.54, 1.807) is 19.9 Å². The summed E-state index contributed by atoms with van der Waals surface area (Å²) >= 11 is 0. The zero-order chi connectivity index (χ0) is 27.1. The molecular formula is C27H49N3O7. The van der Waals surface area contributed by atoms with Crippen LogP contribution in [0.3, 0.4) is 0 Å². The van der Waals surface area contributed by atoms with E-state index in [2.05, 4.69) is 16.9 Å². The maximum Gasteiger partial charge on any atom is 0.186 e. The van der Waals surface area contributed by atoms with Gasteiger partial charge in [-0.25, -0.2) is 0 Å². The van der Waals surface area contributed by atoms with Crippen LogP contribution in [-0.4, -0.2) is 77.2 Å². The van der Waals surface area contributed by atoms with E-state index in [1.165, 1.54) is 57.8 Å². The molecule has 10 heteroatoms. The molecule has 2 fully saturated rings. The van der Waals surface area contributed by atoms with Crippen molar-refractivity contribution in [1.82, 2.24) is 0 Å². The van der Waals surface area contributed by atoms with Crippen molar-refractivity contribution in [2.45, 2.75) is 146 Å². The molecule has 7 atom stereocenters. The number of unbranched alkanes of at least 4 members (excludes halogenated alkanes) is 11. The van der Waals surface area contributed by atoms with Crippen molar-refractivity contribution >= 4 is 0 Å². The maximum atomic E-state index is 10.7. The Morgan fingerprint density at radius 2 is 1.59 bits per heavy atom. The van der Waals surface area contributed by atoms with Gasteiger partial charge in [0, 0.05) is 4.91 Å². The minimum absolute atomic E-state index is 0.171. The molecule has 2 aliphatic heterocycles. The number of nitrogens with zero attached hydrogens (tertiary/aromatic N) is 3. The number of hydrogen-bond donors (Lipinski definition) is 3. The third-order valence-electron chi connectivity index (χ3n) is 6.97. The molecule has 0 bridgehead atoms. The quantitative estimate of drug-likeness (QED) is 0.0712. The van der Waals surface area contributed by atoms with Crippen molar-refractivity contribution in [2.75, 3.05) is 13.2 Å². The van der Waals surface area contributed by atoms with Gasteiger partial charge in [0.1, 0.15) is 24.4 Å². The number of allylic oxidation sites excluding steroid dienone is 1. The highest BCUT2D eigenvalue weighted by molar-refractivity contribution is 4.98. The summed E-state index contributed by atoms with van der Waals surface area (Å²) in [6.45, 7) is 5.18. The van der Waals surface area contributed by atoms with E-state index < -0.39 is 48.6 Å². The standard InChI is InChI=1S/C27H49N3O7/c1-4-5-6-7-8-9-10-11-12-13-14-15-16-17-21(32)20(29-30-28)19-34-26-23(33)25-24(22(18-31)35-26)36-27(2,3)37-25/h16-17,20-26,31-33H,4-15,18-19H2,1-3H3/b17-16+/t20-,21+,22+,23+,24-,25+,26+/m0/s1. The molecule has 0 saturated carbocycles. The van der Waals surface area contributed by atoms with E-state index in [9.17, 15) is 15.3 Å². The van der Waals surface area contributed by atoms with Crippen molar-refractivity contribution in [1.29, 1.82) is 0 Å². The minimum Gasteiger partial charge on any atom is -0.394 e. The molecule has 0 aromatic heterocycles. The van der Waals surface area contributed by atoms with Crippen LogP contribution < -0.4 is 0 Å². The van der Waals surface area contributed by atoms with Crippen molar-refractivity contribution < 1.29 is 34.3 Å². The van der Waals surface area contributed by atoms with E-state index in [-0.39, 0.29) is 13.2 Å². The first-order chi connectivity index (χ1) is 17.8. The van der Waals surface area contributed by atoms with E-state index in [0.29, 0.717) is 0 Å². The Morgan fingerprint density at radius 1 is 1.00 bits per heavy atom. The zero-order valence-electron chi connectivity index (χ0n) is 22.9. The number of fused-ring (bicyclic) bond motifs is 1. The van der Waals surface area contributed by atoms with Crippen molar-refractivity contribution in [3.05, 3.63) is 22.6 Å². The van der Waals surface area contributed by atoms with Crippen LogP contribution in [0.25, 0.3) is 10.4 Å². The van der Waals surface area contributed by atoms with E-state index in [4.69, 9.17) is 24.5 Å². The molecular weight excluding hydrogens is 478 g/mol. The lowest BCUT2D eigenvalue weighted by Crippen LogP contribution is -2.58. The topological polar surface area (TPSA) is 146 Å². The van der Waals surface area contributed by atoms with Crippen LogP contribution in [0.15, 0.2) is 17.3 Å². The van der Waals surface area contributed by atoms with E-state index in [0.717, 1.165) is 19.3 Å². The van der Waals surface area contributed by atoms with Gasteiger partial charge >= 0.3 is 0 Å². The average Bonchev–Trinajstić information content (AvgIpc) is 3.21. The first-order valence-electron chi connectivity index (χ1n) is 14.1. The van der Waals surface area contributed by atoms with E-state index in [1.807, 2.05) is 6.08 Å². The molecule has 0 amide bonds. The first kappa shape index (κ1) is 32.0. The Hall–Kier alpha value is -1.23. The van der Waals surface area contributed by atoms with Gasteiger partial charge in [-0.1, -0.05) is 88.4 Å². The predicted molar refractivity (Wildman–Crippen MR) is 141 cm³/mol. The van der Waals surface area contributed by atoms with Crippen molar-refractivity contribution in [2.24, 2.45) is 5.11 Å². The molecule has 2 aliphatic rings.